The van der Waals surface area contributed by atoms with Gasteiger partial charge in [-0.05, 0) is 18.5 Å². The van der Waals surface area contributed by atoms with Gasteiger partial charge in [0, 0.05) is 36.3 Å². The number of amides is 1. The fraction of sp³-hybridized carbons (Fsp3) is 0.294. The molecular weight excluding hydrogens is 306 g/mol. The largest absolute Gasteiger partial charge is 0.336 e. The van der Waals surface area contributed by atoms with Crippen LogP contribution in [0.5, 0.6) is 0 Å². The zero-order valence-corrected chi connectivity index (χ0v) is 13.3. The Kier molecular flexibility index (Phi) is 3.60. The molecule has 7 nitrogen and oxygen atoms in total. The Labute approximate surface area is 138 Å². The van der Waals surface area contributed by atoms with E-state index >= 15 is 0 Å². The van der Waals surface area contributed by atoms with Crippen LogP contribution in [0.15, 0.2) is 35.0 Å². The molecule has 0 bridgehead atoms. The minimum atomic E-state index is -0.131. The summed E-state index contributed by atoms with van der Waals surface area (Å²) in [6, 6.07) is 10.1. The van der Waals surface area contributed by atoms with E-state index < -0.39 is 0 Å². The Balaban J connectivity index is 1.58. The molecule has 0 atom stereocenters. The van der Waals surface area contributed by atoms with Gasteiger partial charge in [-0.1, -0.05) is 35.5 Å². The Bertz CT molecular complexity index is 868. The van der Waals surface area contributed by atoms with Crippen LogP contribution in [0.25, 0.3) is 11.3 Å². The van der Waals surface area contributed by atoms with Gasteiger partial charge in [0.1, 0.15) is 5.69 Å². The van der Waals surface area contributed by atoms with Crippen LogP contribution in [0, 0.1) is 6.92 Å². The van der Waals surface area contributed by atoms with Crippen molar-refractivity contribution in [3.8, 4) is 11.3 Å². The summed E-state index contributed by atoms with van der Waals surface area (Å²) < 4.78 is 4.65. The van der Waals surface area contributed by atoms with E-state index in [9.17, 15) is 4.79 Å². The number of H-pyrrole nitrogens is 1. The number of carbonyl (C=O) groups excluding carboxylic acids is 1. The van der Waals surface area contributed by atoms with Gasteiger partial charge in [0.2, 0.25) is 0 Å². The quantitative estimate of drug-likeness (QED) is 0.779. The number of nitrogens with one attached hydrogen (secondary N) is 1. The SMILES string of the molecule is Cc1nonc1C(=O)N1CCc2[nH]nc(-c3ccccc3)c2CC1. The third kappa shape index (κ3) is 2.47. The van der Waals surface area contributed by atoms with Crippen LogP contribution in [0.3, 0.4) is 0 Å². The molecule has 1 N–H and O–H groups in total. The van der Waals surface area contributed by atoms with Gasteiger partial charge in [-0.3, -0.25) is 9.89 Å². The Hall–Kier alpha value is -2.96. The van der Waals surface area contributed by atoms with Crippen molar-refractivity contribution in [1.82, 2.24) is 25.4 Å². The molecule has 3 heterocycles. The summed E-state index contributed by atoms with van der Waals surface area (Å²) in [5.41, 5.74) is 5.16. The Morgan fingerprint density at radius 2 is 1.96 bits per heavy atom. The Morgan fingerprint density at radius 1 is 1.17 bits per heavy atom. The second-order valence-corrected chi connectivity index (χ2v) is 5.89. The molecule has 1 aromatic carbocycles. The first-order valence-corrected chi connectivity index (χ1v) is 7.94. The lowest BCUT2D eigenvalue weighted by molar-refractivity contribution is 0.0751. The molecule has 122 valence electrons. The number of benzene rings is 1. The number of nitrogens with zero attached hydrogens (tertiary/aromatic N) is 4. The van der Waals surface area contributed by atoms with Gasteiger partial charge in [0.15, 0.2) is 5.69 Å². The highest BCUT2D eigenvalue weighted by Gasteiger charge is 2.26. The van der Waals surface area contributed by atoms with E-state index in [0.29, 0.717) is 24.5 Å². The normalized spacial score (nSPS) is 14.3. The van der Waals surface area contributed by atoms with Crippen molar-refractivity contribution >= 4 is 5.91 Å². The first-order chi connectivity index (χ1) is 11.7. The smallest absolute Gasteiger partial charge is 0.278 e. The minimum Gasteiger partial charge on any atom is -0.336 e. The molecule has 0 aliphatic carbocycles. The van der Waals surface area contributed by atoms with Crippen LogP contribution in [0.1, 0.15) is 27.4 Å². The zero-order valence-electron chi connectivity index (χ0n) is 13.3. The van der Waals surface area contributed by atoms with Crippen LogP contribution < -0.4 is 0 Å². The third-order valence-corrected chi connectivity index (χ3v) is 4.41. The summed E-state index contributed by atoms with van der Waals surface area (Å²) in [7, 11) is 0. The maximum Gasteiger partial charge on any atom is 0.278 e. The lowest BCUT2D eigenvalue weighted by atomic mass is 10.0. The van der Waals surface area contributed by atoms with Crippen LogP contribution in [0.2, 0.25) is 0 Å². The molecule has 0 fully saturated rings. The van der Waals surface area contributed by atoms with Crippen molar-refractivity contribution < 1.29 is 9.42 Å². The maximum absolute atomic E-state index is 12.6. The average Bonchev–Trinajstić information content (AvgIpc) is 3.16. The van der Waals surface area contributed by atoms with Crippen LogP contribution >= 0.6 is 0 Å². The monoisotopic (exact) mass is 323 g/mol. The standard InChI is InChI=1S/C17H17N5O2/c1-11-15(21-24-20-11)17(23)22-9-7-13-14(8-10-22)18-19-16(13)12-5-3-2-4-6-12/h2-6H,7-10H2,1H3,(H,18,19). The summed E-state index contributed by atoms with van der Waals surface area (Å²) in [6.45, 7) is 2.97. The van der Waals surface area contributed by atoms with Crippen LogP contribution in [0.4, 0.5) is 0 Å². The van der Waals surface area contributed by atoms with Crippen molar-refractivity contribution in [2.24, 2.45) is 0 Å². The van der Waals surface area contributed by atoms with Gasteiger partial charge >= 0.3 is 0 Å². The molecule has 0 saturated heterocycles. The fourth-order valence-corrected chi connectivity index (χ4v) is 3.10. The van der Waals surface area contributed by atoms with Gasteiger partial charge in [0.05, 0.1) is 5.69 Å². The predicted molar refractivity (Wildman–Crippen MR) is 86.4 cm³/mol. The summed E-state index contributed by atoms with van der Waals surface area (Å²) in [6.07, 6.45) is 1.50. The van der Waals surface area contributed by atoms with Crippen molar-refractivity contribution in [1.29, 1.82) is 0 Å². The van der Waals surface area contributed by atoms with E-state index in [1.54, 1.807) is 11.8 Å². The second kappa shape index (κ2) is 5.92. The summed E-state index contributed by atoms with van der Waals surface area (Å²) in [5.74, 6) is -0.131. The maximum atomic E-state index is 12.6. The summed E-state index contributed by atoms with van der Waals surface area (Å²) in [5, 5.41) is 15.0. The number of carbonyl (C=O) groups is 1. The van der Waals surface area contributed by atoms with E-state index in [0.717, 1.165) is 29.8 Å². The highest BCUT2D eigenvalue weighted by atomic mass is 16.6. The molecule has 4 rings (SSSR count). The lowest BCUT2D eigenvalue weighted by Crippen LogP contribution is -2.34. The number of hydrogen-bond donors (Lipinski definition) is 1. The molecule has 24 heavy (non-hydrogen) atoms. The van der Waals surface area contributed by atoms with E-state index in [-0.39, 0.29) is 5.91 Å². The first kappa shape index (κ1) is 14.6. The van der Waals surface area contributed by atoms with Crippen LogP contribution in [-0.4, -0.2) is 44.4 Å². The van der Waals surface area contributed by atoms with Crippen molar-refractivity contribution in [2.75, 3.05) is 13.1 Å². The molecule has 0 saturated carbocycles. The minimum absolute atomic E-state index is 0.131. The van der Waals surface area contributed by atoms with Crippen molar-refractivity contribution in [2.45, 2.75) is 19.8 Å². The molecule has 3 aromatic rings. The fourth-order valence-electron chi connectivity index (χ4n) is 3.10. The molecule has 1 amide bonds. The number of hydrogen-bond acceptors (Lipinski definition) is 5. The molecule has 1 aliphatic rings. The first-order valence-electron chi connectivity index (χ1n) is 7.94. The Morgan fingerprint density at radius 3 is 2.71 bits per heavy atom. The van der Waals surface area contributed by atoms with Gasteiger partial charge in [-0.25, -0.2) is 4.63 Å². The number of rotatable bonds is 2. The number of aromatic amines is 1. The number of aromatic nitrogens is 4. The lowest BCUT2D eigenvalue weighted by Gasteiger charge is -2.18. The van der Waals surface area contributed by atoms with E-state index in [2.05, 4.69) is 37.3 Å². The average molecular weight is 323 g/mol. The number of fused-ring (bicyclic) bond motifs is 1. The molecule has 0 radical (unpaired) electrons. The van der Waals surface area contributed by atoms with Crippen molar-refractivity contribution in [3.05, 3.63) is 53.0 Å². The van der Waals surface area contributed by atoms with E-state index in [4.69, 9.17) is 0 Å². The molecule has 7 heteroatoms. The molecular formula is C17H17N5O2. The van der Waals surface area contributed by atoms with Gasteiger partial charge in [-0.2, -0.15) is 5.10 Å². The summed E-state index contributed by atoms with van der Waals surface area (Å²) >= 11 is 0. The summed E-state index contributed by atoms with van der Waals surface area (Å²) in [4.78, 5) is 14.4. The highest BCUT2D eigenvalue weighted by molar-refractivity contribution is 5.93. The van der Waals surface area contributed by atoms with Gasteiger partial charge < -0.3 is 4.90 Å². The topological polar surface area (TPSA) is 87.9 Å². The third-order valence-electron chi connectivity index (χ3n) is 4.41. The highest BCUT2D eigenvalue weighted by Crippen LogP contribution is 2.26. The number of aryl methyl sites for hydroxylation is 1. The molecule has 0 unspecified atom stereocenters. The predicted octanol–water partition coefficient (Wildman–Crippen LogP) is 2.01. The zero-order chi connectivity index (χ0) is 16.5. The molecule has 0 spiro atoms. The van der Waals surface area contributed by atoms with E-state index in [1.807, 2.05) is 18.2 Å². The van der Waals surface area contributed by atoms with Crippen molar-refractivity contribution in [3.63, 3.8) is 0 Å². The molecule has 1 aliphatic heterocycles. The van der Waals surface area contributed by atoms with Gasteiger partial charge in [-0.15, -0.1) is 0 Å². The van der Waals surface area contributed by atoms with Crippen LogP contribution in [-0.2, 0) is 12.8 Å². The molecule has 2 aromatic heterocycles. The second-order valence-electron chi connectivity index (χ2n) is 5.89. The van der Waals surface area contributed by atoms with E-state index in [1.165, 1.54) is 5.56 Å². The van der Waals surface area contributed by atoms with Gasteiger partial charge in [0.25, 0.3) is 5.91 Å².